The molecule has 560 valence electrons. The van der Waals surface area contributed by atoms with Crippen LogP contribution < -0.4 is 65.4 Å². The predicted molar refractivity (Wildman–Crippen MR) is 357 cm³/mol. The van der Waals surface area contributed by atoms with E-state index in [0.717, 1.165) is 30.1 Å². The van der Waals surface area contributed by atoms with Crippen LogP contribution in [0.1, 0.15) is 78.0 Å². The van der Waals surface area contributed by atoms with E-state index in [2.05, 4.69) is 65.7 Å². The van der Waals surface area contributed by atoms with Gasteiger partial charge in [0, 0.05) is 36.4 Å². The number of nitrogen functional groups attached to an aromatic ring is 2. The van der Waals surface area contributed by atoms with E-state index in [9.17, 15) is 85.3 Å². The number of aromatic nitrogens is 4. The summed E-state index contributed by atoms with van der Waals surface area (Å²) in [5.41, 5.74) is 10.4. The number of alkyl halides is 4. The quantitative estimate of drug-likeness (QED) is 0.0157. The van der Waals surface area contributed by atoms with E-state index in [1.165, 1.54) is 13.8 Å². The maximum atomic E-state index is 14.8. The number of nitrogens with two attached hydrogens (primary N) is 2. The molecule has 0 saturated carbocycles. The third-order valence-corrected chi connectivity index (χ3v) is 14.5. The van der Waals surface area contributed by atoms with Crippen molar-refractivity contribution in [3.05, 3.63) is 142 Å². The molecule has 0 bridgehead atoms. The largest absolute Gasteiger partial charge is 0.480 e. The van der Waals surface area contributed by atoms with Gasteiger partial charge in [-0.3, -0.25) is 57.1 Å². The summed E-state index contributed by atoms with van der Waals surface area (Å²) in [6.45, 7) is 13.5. The van der Waals surface area contributed by atoms with Crippen molar-refractivity contribution in [3.8, 4) is 0 Å². The summed E-state index contributed by atoms with van der Waals surface area (Å²) in [6.07, 6.45) is -9.61. The molecule has 10 atom stereocenters. The molecule has 8 amide bonds. The molecule has 2 aromatic heterocycles. The molecule has 38 heteroatoms. The van der Waals surface area contributed by atoms with Crippen molar-refractivity contribution in [1.29, 1.82) is 0 Å². The van der Waals surface area contributed by atoms with E-state index in [0.29, 0.717) is 14.7 Å². The van der Waals surface area contributed by atoms with Gasteiger partial charge in [0.25, 0.3) is 0 Å². The first kappa shape index (κ1) is 86.0. The number of carbonyl (C=O) groups is 10. The smallest absolute Gasteiger partial charge is 0.351 e. The van der Waals surface area contributed by atoms with Gasteiger partial charge >= 0.3 is 35.2 Å². The number of nitrogens with zero attached hydrogens (tertiary/aromatic N) is 4. The first-order valence-electron chi connectivity index (χ1n) is 31.2. The molecule has 33 nitrogen and oxygen atoms in total. The fourth-order valence-corrected chi connectivity index (χ4v) is 9.41. The van der Waals surface area contributed by atoms with Crippen molar-refractivity contribution in [2.24, 2.45) is 11.8 Å². The summed E-state index contributed by atoms with van der Waals surface area (Å²) in [5, 5.41) is 56.8. The fraction of sp³-hybridized carbons (Fsp3) is 0.469. The van der Waals surface area contributed by atoms with Crippen LogP contribution in [0.15, 0.2) is 119 Å². The average molecular weight is 1470 g/mol. The van der Waals surface area contributed by atoms with Crippen molar-refractivity contribution in [1.82, 2.24) is 61.6 Å². The molecule has 102 heavy (non-hydrogen) atoms. The lowest BCUT2D eigenvalue weighted by atomic mass is 10.0. The Labute approximate surface area is 587 Å². The Balaban J connectivity index is 0.000000443. The molecule has 2 aromatic carbocycles. The summed E-state index contributed by atoms with van der Waals surface area (Å²) in [4.78, 5) is 154. The molecule has 4 heterocycles. The third kappa shape index (κ3) is 26.7. The molecular weight excluding hydrogens is 1380 g/mol. The first-order valence-corrected chi connectivity index (χ1v) is 31.2. The van der Waals surface area contributed by atoms with Crippen LogP contribution in [-0.2, 0) is 75.0 Å². The molecule has 8 unspecified atom stereocenters. The van der Waals surface area contributed by atoms with Crippen LogP contribution in [-0.4, -0.2) is 199 Å². The highest BCUT2D eigenvalue weighted by Crippen LogP contribution is 2.43. The molecule has 0 spiro atoms. The molecule has 2 aliphatic rings. The summed E-state index contributed by atoms with van der Waals surface area (Å²) in [5.74, 6) is -15.4. The van der Waals surface area contributed by atoms with E-state index < -0.39 is 176 Å². The van der Waals surface area contributed by atoms with Gasteiger partial charge in [-0.2, -0.15) is 27.5 Å². The minimum absolute atomic E-state index is 0. The van der Waals surface area contributed by atoms with Crippen LogP contribution in [0.2, 0.25) is 0 Å². The van der Waals surface area contributed by atoms with Crippen molar-refractivity contribution in [2.75, 3.05) is 50.9 Å². The number of benzene rings is 2. The molecule has 4 aromatic rings. The number of nitrogens with one attached hydrogen (secondary N) is 8. The Bertz CT molecular complexity index is 3710. The number of ether oxygens (including phenoxy) is 3. The number of anilines is 2. The van der Waals surface area contributed by atoms with Crippen LogP contribution in [0, 0.1) is 11.8 Å². The number of carboxylic acids is 1. The number of amides is 8. The summed E-state index contributed by atoms with van der Waals surface area (Å²) in [6, 6.07) is 15.6. The number of hydrogen-bond donors (Lipinski definition) is 14. The minimum atomic E-state index is -3.97. The number of esters is 1. The van der Waals surface area contributed by atoms with E-state index >= 15 is 0 Å². The van der Waals surface area contributed by atoms with Gasteiger partial charge in [-0.05, 0) is 61.8 Å². The van der Waals surface area contributed by atoms with Crippen LogP contribution in [0.5, 0.6) is 0 Å². The van der Waals surface area contributed by atoms with Gasteiger partial charge in [0.2, 0.25) is 59.7 Å². The lowest BCUT2D eigenvalue weighted by Gasteiger charge is -2.24. The van der Waals surface area contributed by atoms with Gasteiger partial charge in [-0.15, -0.1) is 12.4 Å². The molecule has 0 aliphatic carbocycles. The van der Waals surface area contributed by atoms with Gasteiger partial charge in [0.15, 0.2) is 12.2 Å². The standard InChI is InChI=1S/C32H41F2N7O9.C23H32N4O6.C9H11F2N3O4.ClH/c1-17(2)12-20(39-29(47)21(13-19-8-6-5-7-9-19)38-24(42)14-36-27(45)18(3)4)28(46)37-15-25(43)49-16-22-26(44)32(33,34)30(50-22)41-11-10-23(35)40-31(41)48;1-14(2)10-17(22(32)25-13-20(29)30)27-23(33)18(11-16-8-6-5-7-9-16)26-19(28)12-24-21(31)15(3)4;10-9(11)6(16)4(3-15)18-7(9)14-2-1-5(12)13-8(14)17;/h5-11,17,20-22,26,30,44H,3,12-16H2,1-2,4H3,(H,36,45)(H,37,46)(H,38,42)(H,39,47)(H2,35,40,48);5-9,14,17-18H,3,10-13H2,1-2,4H3,(H,24,31)(H,25,32)(H,26,28)(H,27,33)(H,29,30);1-2,4,6-7,15-16H,3H2,(H2,12,13,17);1H/t20?,21?,22-,26?,30?;;4-,6?,7?;/m0.1./s1. The third-order valence-electron chi connectivity index (χ3n) is 14.5. The second kappa shape index (κ2) is 40.3. The number of halogens is 5. The Morgan fingerprint density at radius 1 is 0.569 bits per heavy atom. The number of carbonyl (C=O) groups excluding carboxylic acids is 9. The molecule has 0 radical (unpaired) electrons. The molecule has 16 N–H and O–H groups in total. The zero-order valence-electron chi connectivity index (χ0n) is 56.3. The lowest BCUT2D eigenvalue weighted by molar-refractivity contribution is -0.150. The monoisotopic (exact) mass is 1460 g/mol. The van der Waals surface area contributed by atoms with Gasteiger partial charge < -0.3 is 88.6 Å². The van der Waals surface area contributed by atoms with Crippen LogP contribution in [0.4, 0.5) is 29.2 Å². The van der Waals surface area contributed by atoms with E-state index in [1.807, 2.05) is 19.9 Å². The highest BCUT2D eigenvalue weighted by Gasteiger charge is 2.61. The minimum Gasteiger partial charge on any atom is -0.480 e. The Kier molecular flexibility index (Phi) is 34.0. The second-order valence-corrected chi connectivity index (χ2v) is 24.0. The Hall–Kier alpha value is -10.2. The summed E-state index contributed by atoms with van der Waals surface area (Å²) >= 11 is 0. The van der Waals surface area contributed by atoms with Crippen molar-refractivity contribution in [2.45, 2.75) is 140 Å². The zero-order valence-corrected chi connectivity index (χ0v) is 57.1. The topological polar surface area (TPSA) is 497 Å². The number of aliphatic hydroxyl groups excluding tert-OH is 3. The van der Waals surface area contributed by atoms with Crippen molar-refractivity contribution in [3.63, 3.8) is 0 Å². The van der Waals surface area contributed by atoms with Crippen molar-refractivity contribution < 1.29 is 100 Å². The highest BCUT2D eigenvalue weighted by atomic mass is 35.5. The van der Waals surface area contributed by atoms with Crippen LogP contribution in [0.25, 0.3) is 0 Å². The van der Waals surface area contributed by atoms with Gasteiger partial charge in [0.1, 0.15) is 67.7 Å². The summed E-state index contributed by atoms with van der Waals surface area (Å²) < 4.78 is 72.8. The summed E-state index contributed by atoms with van der Waals surface area (Å²) in [7, 11) is 0. The second-order valence-electron chi connectivity index (χ2n) is 24.0. The van der Waals surface area contributed by atoms with Gasteiger partial charge in [-0.25, -0.2) is 9.59 Å². The van der Waals surface area contributed by atoms with Crippen molar-refractivity contribution >= 4 is 83.2 Å². The fourth-order valence-electron chi connectivity index (χ4n) is 9.41. The molecule has 2 aliphatic heterocycles. The van der Waals surface area contributed by atoms with Crippen LogP contribution >= 0.6 is 12.4 Å². The zero-order chi connectivity index (χ0) is 75.6. The number of aliphatic hydroxyl groups is 3. The molecular formula is C64H85ClF4N14O19. The van der Waals surface area contributed by atoms with E-state index in [-0.39, 0.29) is 79.3 Å². The average Bonchev–Trinajstić information content (AvgIpc) is 1.62. The Morgan fingerprint density at radius 2 is 0.941 bits per heavy atom. The predicted octanol–water partition coefficient (Wildman–Crippen LogP) is -1.40. The van der Waals surface area contributed by atoms with Crippen LogP contribution in [0.3, 0.4) is 0 Å². The number of carboxylic acid groups (broad SMARTS) is 1. The maximum Gasteiger partial charge on any atom is 0.351 e. The Morgan fingerprint density at radius 3 is 1.28 bits per heavy atom. The normalized spacial score (nSPS) is 18.7. The van der Waals surface area contributed by atoms with E-state index in [1.54, 1.807) is 68.4 Å². The van der Waals surface area contributed by atoms with E-state index in [4.69, 9.17) is 35.9 Å². The number of rotatable bonds is 31. The maximum absolute atomic E-state index is 14.8. The first-order chi connectivity index (χ1) is 47.4. The molecule has 2 fully saturated rings. The number of aliphatic carboxylic acids is 1. The van der Waals surface area contributed by atoms with Gasteiger partial charge in [0.05, 0.1) is 19.7 Å². The molecule has 6 rings (SSSR count). The van der Waals surface area contributed by atoms with Gasteiger partial charge in [-0.1, -0.05) is 102 Å². The SMILES string of the molecule is C=C(C)C(=O)NCC(=O)NC(Cc1ccccc1)C(=O)NC(CC(C)C)C(=O)NCC(=O)O.C=C(C)C(=O)NCC(=O)NC(Cc1ccccc1)C(=O)NC(CC(C)C)C(=O)NCC(=O)OC[C@@H]1OC(n2ccc(N)nc2=O)C(F)(F)C1O.Cl.Nc1ccn(C2O[C@H](CO)C(O)C2(F)F)c(=O)n1. The number of hydrogen-bond acceptors (Lipinski definition) is 22. The lowest BCUT2D eigenvalue weighted by Crippen LogP contribution is -2.56. The highest BCUT2D eigenvalue weighted by molar-refractivity contribution is 5.98. The molecule has 2 saturated heterocycles.